The fourth-order valence-corrected chi connectivity index (χ4v) is 2.95. The summed E-state index contributed by atoms with van der Waals surface area (Å²) in [6, 6.07) is 13.2. The standard InChI is InChI=1S/C24H25NO6/c1-4-14-24(22(27)30-5-2,15-8-9-16-31-23(28)29-3)21(26)25-20-13-12-18-10-6-7-11-19(18)17-20/h4,6-7,10-13,17H,1,5,14-16H2,2-3H3,(H,25,26). The minimum absolute atomic E-state index is 0.0256. The average Bonchev–Trinajstić information content (AvgIpc) is 2.77. The third-order valence-corrected chi connectivity index (χ3v) is 4.54. The Morgan fingerprint density at radius 1 is 1.10 bits per heavy atom. The Hall–Kier alpha value is -3.79. The van der Waals surface area contributed by atoms with Crippen LogP contribution in [-0.4, -0.2) is 38.4 Å². The number of nitrogens with one attached hydrogen (secondary N) is 1. The predicted octanol–water partition coefficient (Wildman–Crippen LogP) is 4.08. The molecule has 31 heavy (non-hydrogen) atoms. The van der Waals surface area contributed by atoms with E-state index >= 15 is 0 Å². The Bertz CT molecular complexity index is 1020. The Morgan fingerprint density at radius 3 is 2.52 bits per heavy atom. The van der Waals surface area contributed by atoms with Crippen molar-refractivity contribution in [2.75, 3.05) is 25.6 Å². The number of methoxy groups -OCH3 is 1. The zero-order valence-electron chi connectivity index (χ0n) is 17.6. The number of fused-ring (bicyclic) bond motifs is 1. The van der Waals surface area contributed by atoms with Gasteiger partial charge in [-0.25, -0.2) is 4.79 Å². The second kappa shape index (κ2) is 11.4. The molecule has 0 aliphatic heterocycles. The Kier molecular flexibility index (Phi) is 8.64. The molecule has 0 spiro atoms. The van der Waals surface area contributed by atoms with Gasteiger partial charge in [-0.2, -0.15) is 0 Å². The molecule has 0 saturated carbocycles. The summed E-state index contributed by atoms with van der Waals surface area (Å²) in [6.45, 7) is 5.22. The first kappa shape index (κ1) is 23.5. The van der Waals surface area contributed by atoms with Crippen LogP contribution in [0.2, 0.25) is 0 Å². The summed E-state index contributed by atoms with van der Waals surface area (Å²) in [5, 5.41) is 4.78. The van der Waals surface area contributed by atoms with E-state index in [1.807, 2.05) is 36.4 Å². The minimum Gasteiger partial charge on any atom is -0.465 e. The highest BCUT2D eigenvalue weighted by Crippen LogP contribution is 2.31. The van der Waals surface area contributed by atoms with Crippen LogP contribution in [0.25, 0.3) is 10.8 Å². The van der Waals surface area contributed by atoms with Gasteiger partial charge in [-0.3, -0.25) is 9.59 Å². The Morgan fingerprint density at radius 2 is 1.84 bits per heavy atom. The Labute approximate surface area is 181 Å². The zero-order valence-corrected chi connectivity index (χ0v) is 17.6. The van der Waals surface area contributed by atoms with E-state index in [9.17, 15) is 14.4 Å². The van der Waals surface area contributed by atoms with Crippen LogP contribution in [-0.2, 0) is 23.8 Å². The molecule has 1 N–H and O–H groups in total. The van der Waals surface area contributed by atoms with Gasteiger partial charge in [-0.05, 0) is 36.2 Å². The second-order valence-corrected chi connectivity index (χ2v) is 6.58. The van der Waals surface area contributed by atoms with Crippen molar-refractivity contribution in [3.05, 3.63) is 55.1 Å². The van der Waals surface area contributed by atoms with E-state index in [1.165, 1.54) is 13.2 Å². The van der Waals surface area contributed by atoms with Gasteiger partial charge >= 0.3 is 12.1 Å². The van der Waals surface area contributed by atoms with Gasteiger partial charge in [0.25, 0.3) is 0 Å². The van der Waals surface area contributed by atoms with Gasteiger partial charge in [-0.15, -0.1) is 6.58 Å². The summed E-state index contributed by atoms with van der Waals surface area (Å²) in [5.41, 5.74) is -1.05. The van der Waals surface area contributed by atoms with Crippen molar-refractivity contribution in [3.63, 3.8) is 0 Å². The second-order valence-electron chi connectivity index (χ2n) is 6.58. The Balaban J connectivity index is 2.28. The first-order chi connectivity index (χ1) is 15.0. The topological polar surface area (TPSA) is 90.9 Å². The monoisotopic (exact) mass is 423 g/mol. The maximum atomic E-state index is 13.3. The fourth-order valence-electron chi connectivity index (χ4n) is 2.95. The number of ether oxygens (including phenoxy) is 3. The number of rotatable bonds is 8. The first-order valence-corrected chi connectivity index (χ1v) is 9.71. The third kappa shape index (κ3) is 6.09. The maximum absolute atomic E-state index is 13.3. The lowest BCUT2D eigenvalue weighted by molar-refractivity contribution is -0.158. The van der Waals surface area contributed by atoms with Crippen molar-refractivity contribution >= 4 is 34.5 Å². The summed E-state index contributed by atoms with van der Waals surface area (Å²) >= 11 is 0. The van der Waals surface area contributed by atoms with E-state index in [1.54, 1.807) is 13.0 Å². The molecule has 2 aromatic carbocycles. The van der Waals surface area contributed by atoms with Crippen LogP contribution in [0.1, 0.15) is 19.8 Å². The highest BCUT2D eigenvalue weighted by atomic mass is 16.7. The van der Waals surface area contributed by atoms with Crippen LogP contribution in [0, 0.1) is 17.3 Å². The van der Waals surface area contributed by atoms with Crippen LogP contribution < -0.4 is 5.32 Å². The van der Waals surface area contributed by atoms with Gasteiger partial charge in [0.2, 0.25) is 5.91 Å². The molecule has 2 rings (SSSR count). The molecule has 0 aromatic heterocycles. The van der Waals surface area contributed by atoms with Gasteiger partial charge in [-0.1, -0.05) is 48.2 Å². The maximum Gasteiger partial charge on any atom is 0.508 e. The van der Waals surface area contributed by atoms with E-state index in [2.05, 4.69) is 28.5 Å². The quantitative estimate of drug-likeness (QED) is 0.298. The van der Waals surface area contributed by atoms with Crippen LogP contribution in [0.5, 0.6) is 0 Å². The number of amides is 1. The molecule has 1 atom stereocenters. The highest BCUT2D eigenvalue weighted by molar-refractivity contribution is 6.09. The normalized spacial score (nSPS) is 11.9. The fraction of sp³-hybridized carbons (Fsp3) is 0.292. The molecule has 2 aromatic rings. The van der Waals surface area contributed by atoms with Gasteiger partial charge in [0.05, 0.1) is 13.7 Å². The molecule has 1 amide bonds. The number of carbonyl (C=O) groups excluding carboxylic acids is 3. The van der Waals surface area contributed by atoms with Gasteiger partial charge < -0.3 is 19.5 Å². The number of hydrogen-bond donors (Lipinski definition) is 1. The van der Waals surface area contributed by atoms with Crippen LogP contribution in [0.15, 0.2) is 55.1 Å². The number of anilines is 1. The minimum atomic E-state index is -1.60. The van der Waals surface area contributed by atoms with Crippen molar-refractivity contribution in [2.45, 2.75) is 19.8 Å². The number of benzene rings is 2. The van der Waals surface area contributed by atoms with Gasteiger partial charge in [0, 0.05) is 12.1 Å². The molecular weight excluding hydrogens is 398 g/mol. The van der Waals surface area contributed by atoms with E-state index in [4.69, 9.17) is 9.47 Å². The van der Waals surface area contributed by atoms with Gasteiger partial charge in [0.15, 0.2) is 12.0 Å². The summed E-state index contributed by atoms with van der Waals surface area (Å²) in [5.74, 6) is 4.09. The molecule has 0 radical (unpaired) electrons. The molecule has 0 fully saturated rings. The zero-order chi connectivity index (χ0) is 22.7. The lowest BCUT2D eigenvalue weighted by atomic mass is 9.80. The summed E-state index contributed by atoms with van der Waals surface area (Å²) in [4.78, 5) is 37.1. The largest absolute Gasteiger partial charge is 0.508 e. The van der Waals surface area contributed by atoms with Crippen molar-refractivity contribution in [2.24, 2.45) is 5.41 Å². The molecule has 0 aliphatic rings. The van der Waals surface area contributed by atoms with E-state index in [0.717, 1.165) is 10.8 Å². The van der Waals surface area contributed by atoms with E-state index in [-0.39, 0.29) is 26.1 Å². The van der Waals surface area contributed by atoms with Crippen LogP contribution in [0.3, 0.4) is 0 Å². The lowest BCUT2D eigenvalue weighted by Crippen LogP contribution is -2.44. The predicted molar refractivity (Wildman–Crippen MR) is 117 cm³/mol. The molecule has 0 saturated heterocycles. The molecular formula is C24H25NO6. The smallest absolute Gasteiger partial charge is 0.465 e. The molecule has 0 aliphatic carbocycles. The molecule has 1 unspecified atom stereocenters. The van der Waals surface area contributed by atoms with E-state index in [0.29, 0.717) is 5.69 Å². The number of esters is 1. The van der Waals surface area contributed by atoms with Gasteiger partial charge in [0.1, 0.15) is 0 Å². The summed E-state index contributed by atoms with van der Waals surface area (Å²) in [7, 11) is 1.18. The number of carbonyl (C=O) groups is 3. The molecule has 0 heterocycles. The lowest BCUT2D eigenvalue weighted by Gasteiger charge is -2.27. The summed E-state index contributed by atoms with van der Waals surface area (Å²) in [6.07, 6.45) is 0.495. The summed E-state index contributed by atoms with van der Waals surface area (Å²) < 4.78 is 14.2. The molecule has 7 heteroatoms. The SMILES string of the molecule is C=CCC(CC#CCOC(=O)OC)(C(=O)Nc1ccc2ccccc2c1)C(=O)OCC. The van der Waals surface area contributed by atoms with Crippen molar-refractivity contribution in [1.82, 2.24) is 0 Å². The van der Waals surface area contributed by atoms with Crippen LogP contribution in [0.4, 0.5) is 10.5 Å². The number of allylic oxidation sites excluding steroid dienone is 1. The van der Waals surface area contributed by atoms with Crippen molar-refractivity contribution < 1.29 is 28.6 Å². The molecule has 0 bridgehead atoms. The highest BCUT2D eigenvalue weighted by Gasteiger charge is 2.46. The van der Waals surface area contributed by atoms with E-state index < -0.39 is 23.4 Å². The van der Waals surface area contributed by atoms with Crippen LogP contribution >= 0.6 is 0 Å². The van der Waals surface area contributed by atoms with Crippen molar-refractivity contribution in [1.29, 1.82) is 0 Å². The number of hydrogen-bond acceptors (Lipinski definition) is 6. The third-order valence-electron chi connectivity index (χ3n) is 4.54. The molecule has 162 valence electrons. The average molecular weight is 423 g/mol. The first-order valence-electron chi connectivity index (χ1n) is 9.71. The molecule has 7 nitrogen and oxygen atoms in total. The van der Waals surface area contributed by atoms with Crippen molar-refractivity contribution in [3.8, 4) is 11.8 Å².